The number of nitrogens with one attached hydrogen (secondary N) is 1. The molecule has 0 radical (unpaired) electrons. The topological polar surface area (TPSA) is 121 Å². The third-order valence-electron chi connectivity index (χ3n) is 5.30. The van der Waals surface area contributed by atoms with Gasteiger partial charge in [0.15, 0.2) is 0 Å². The van der Waals surface area contributed by atoms with E-state index in [-0.39, 0.29) is 23.2 Å². The number of benzene rings is 1. The van der Waals surface area contributed by atoms with Gasteiger partial charge in [-0.05, 0) is 35.6 Å². The minimum Gasteiger partial charge on any atom is -0.465 e. The Morgan fingerprint density at radius 2 is 1.94 bits per heavy atom. The van der Waals surface area contributed by atoms with Crippen molar-refractivity contribution >= 4 is 29.2 Å². The van der Waals surface area contributed by atoms with Crippen LogP contribution in [0.5, 0.6) is 0 Å². The molecular weight excluding hydrogens is 467 g/mol. The monoisotopic (exact) mass is 487 g/mol. The van der Waals surface area contributed by atoms with Crippen molar-refractivity contribution in [2.24, 2.45) is 5.41 Å². The van der Waals surface area contributed by atoms with Gasteiger partial charge < -0.3 is 10.4 Å². The SMILES string of the molecule is CC(Nc1nc(Cl)nc2c1C(C(C)(C)C)N(C(=O)O)C2)c1cc([N+](=O)[O-])cc(C(F)(F)F)c1. The Kier molecular flexibility index (Phi) is 6.18. The number of aromatic nitrogens is 2. The summed E-state index contributed by atoms with van der Waals surface area (Å²) in [6.07, 6.45) is -5.95. The van der Waals surface area contributed by atoms with Gasteiger partial charge in [0.25, 0.3) is 5.69 Å². The molecule has 178 valence electrons. The van der Waals surface area contributed by atoms with Crippen LogP contribution in [0.4, 0.5) is 29.5 Å². The first kappa shape index (κ1) is 24.5. The summed E-state index contributed by atoms with van der Waals surface area (Å²) in [6, 6.07) is 0.808. The van der Waals surface area contributed by atoms with E-state index in [2.05, 4.69) is 15.3 Å². The Labute approximate surface area is 191 Å². The van der Waals surface area contributed by atoms with Crippen molar-refractivity contribution in [3.8, 4) is 0 Å². The molecule has 1 aliphatic heterocycles. The van der Waals surface area contributed by atoms with Gasteiger partial charge in [-0.1, -0.05) is 20.8 Å². The number of nitrogens with zero attached hydrogens (tertiary/aromatic N) is 4. The van der Waals surface area contributed by atoms with E-state index >= 15 is 0 Å². The Morgan fingerprint density at radius 1 is 1.30 bits per heavy atom. The molecular formula is C20H21ClF3N5O4. The second-order valence-corrected chi connectivity index (χ2v) is 9.15. The van der Waals surface area contributed by atoms with Crippen LogP contribution in [0, 0.1) is 15.5 Å². The van der Waals surface area contributed by atoms with E-state index in [1.165, 1.54) is 11.8 Å². The van der Waals surface area contributed by atoms with Crippen LogP contribution < -0.4 is 5.32 Å². The summed E-state index contributed by atoms with van der Waals surface area (Å²) >= 11 is 6.03. The number of non-ortho nitro benzene ring substituents is 1. The van der Waals surface area contributed by atoms with E-state index in [0.29, 0.717) is 17.3 Å². The van der Waals surface area contributed by atoms with Gasteiger partial charge in [-0.2, -0.15) is 13.2 Å². The molecule has 13 heteroatoms. The van der Waals surface area contributed by atoms with Gasteiger partial charge >= 0.3 is 12.3 Å². The third-order valence-corrected chi connectivity index (χ3v) is 5.47. The van der Waals surface area contributed by atoms with E-state index in [4.69, 9.17) is 11.6 Å². The third kappa shape index (κ3) is 4.95. The van der Waals surface area contributed by atoms with Crippen molar-refractivity contribution in [2.45, 2.75) is 52.5 Å². The lowest BCUT2D eigenvalue weighted by Crippen LogP contribution is -2.35. The summed E-state index contributed by atoms with van der Waals surface area (Å²) in [6.45, 7) is 6.98. The van der Waals surface area contributed by atoms with Gasteiger partial charge in [0.05, 0.1) is 34.8 Å². The number of rotatable bonds is 4. The number of nitro benzene ring substituents is 1. The highest BCUT2D eigenvalue weighted by Crippen LogP contribution is 2.48. The lowest BCUT2D eigenvalue weighted by molar-refractivity contribution is -0.385. The number of hydrogen-bond acceptors (Lipinski definition) is 6. The van der Waals surface area contributed by atoms with Crippen molar-refractivity contribution in [3.05, 3.63) is 56.0 Å². The normalized spacial score (nSPS) is 17.0. The van der Waals surface area contributed by atoms with Crippen LogP contribution in [-0.2, 0) is 12.7 Å². The number of halogens is 4. The molecule has 1 aliphatic rings. The van der Waals surface area contributed by atoms with E-state index in [1.54, 1.807) is 0 Å². The Bertz CT molecular complexity index is 1120. The molecule has 2 N–H and O–H groups in total. The number of alkyl halides is 3. The van der Waals surface area contributed by atoms with Gasteiger partial charge in [-0.25, -0.2) is 14.8 Å². The van der Waals surface area contributed by atoms with Crippen molar-refractivity contribution < 1.29 is 28.0 Å². The van der Waals surface area contributed by atoms with Crippen molar-refractivity contribution in [1.29, 1.82) is 0 Å². The molecule has 1 aromatic carbocycles. The number of anilines is 1. The molecule has 0 fully saturated rings. The second-order valence-electron chi connectivity index (χ2n) is 8.81. The van der Waals surface area contributed by atoms with E-state index in [1.807, 2.05) is 20.8 Å². The van der Waals surface area contributed by atoms with Crippen LogP contribution in [0.15, 0.2) is 18.2 Å². The number of carbonyl (C=O) groups is 1. The highest BCUT2D eigenvalue weighted by Gasteiger charge is 2.44. The average Bonchev–Trinajstić information content (AvgIpc) is 3.07. The Morgan fingerprint density at radius 3 is 2.45 bits per heavy atom. The number of fused-ring (bicyclic) bond motifs is 1. The number of carboxylic acid groups (broad SMARTS) is 1. The van der Waals surface area contributed by atoms with Crippen LogP contribution >= 0.6 is 11.6 Å². The van der Waals surface area contributed by atoms with E-state index in [0.717, 1.165) is 12.1 Å². The van der Waals surface area contributed by atoms with Crippen LogP contribution in [0.3, 0.4) is 0 Å². The first-order valence-electron chi connectivity index (χ1n) is 9.78. The molecule has 9 nitrogen and oxygen atoms in total. The van der Waals surface area contributed by atoms with Crippen LogP contribution in [0.1, 0.15) is 62.2 Å². The molecule has 2 heterocycles. The van der Waals surface area contributed by atoms with Crippen molar-refractivity contribution in [2.75, 3.05) is 5.32 Å². The van der Waals surface area contributed by atoms with Crippen LogP contribution in [0.2, 0.25) is 5.28 Å². The molecule has 1 amide bonds. The maximum Gasteiger partial charge on any atom is 0.416 e. The molecule has 33 heavy (non-hydrogen) atoms. The quantitative estimate of drug-likeness (QED) is 0.317. The lowest BCUT2D eigenvalue weighted by Gasteiger charge is -2.34. The van der Waals surface area contributed by atoms with Gasteiger partial charge in [-0.15, -0.1) is 0 Å². The highest BCUT2D eigenvalue weighted by atomic mass is 35.5. The standard InChI is InChI=1S/C20H21ClF3N5O4/c1-9(10-5-11(20(22,23)24)7-12(6-10)29(32)33)25-16-14-13(26-17(21)27-16)8-28(18(30)31)15(14)19(2,3)4/h5-7,9,15H,8H2,1-4H3,(H,30,31)(H,25,26,27). The van der Waals surface area contributed by atoms with Gasteiger partial charge in [0.1, 0.15) is 5.82 Å². The number of hydrogen-bond donors (Lipinski definition) is 2. The van der Waals surface area contributed by atoms with Crippen molar-refractivity contribution in [1.82, 2.24) is 14.9 Å². The number of nitro groups is 1. The molecule has 0 bridgehead atoms. The zero-order chi connectivity index (χ0) is 24.9. The minimum absolute atomic E-state index is 0.000376. The first-order valence-corrected chi connectivity index (χ1v) is 10.2. The van der Waals surface area contributed by atoms with E-state index < -0.39 is 45.9 Å². The summed E-state index contributed by atoms with van der Waals surface area (Å²) in [5.41, 5.74) is -1.60. The molecule has 0 saturated heterocycles. The fraction of sp³-hybridized carbons (Fsp3) is 0.450. The maximum atomic E-state index is 13.3. The molecule has 2 unspecified atom stereocenters. The zero-order valence-corrected chi connectivity index (χ0v) is 18.8. The zero-order valence-electron chi connectivity index (χ0n) is 18.1. The predicted molar refractivity (Wildman–Crippen MR) is 113 cm³/mol. The summed E-state index contributed by atoms with van der Waals surface area (Å²) in [7, 11) is 0. The van der Waals surface area contributed by atoms with E-state index in [9.17, 15) is 33.2 Å². The number of amides is 1. The lowest BCUT2D eigenvalue weighted by atomic mass is 9.83. The molecule has 0 aliphatic carbocycles. The fourth-order valence-corrected chi connectivity index (χ4v) is 4.12. The molecule has 2 aromatic rings. The van der Waals surface area contributed by atoms with Crippen molar-refractivity contribution in [3.63, 3.8) is 0 Å². The summed E-state index contributed by atoms with van der Waals surface area (Å²) < 4.78 is 39.9. The fourth-order valence-electron chi connectivity index (χ4n) is 3.93. The summed E-state index contributed by atoms with van der Waals surface area (Å²) in [4.78, 5) is 31.6. The largest absolute Gasteiger partial charge is 0.465 e. The summed E-state index contributed by atoms with van der Waals surface area (Å²) in [5.74, 6) is 0.154. The molecule has 0 spiro atoms. The second kappa shape index (κ2) is 8.32. The van der Waals surface area contributed by atoms with Gasteiger partial charge in [0.2, 0.25) is 5.28 Å². The Hall–Kier alpha value is -3.15. The minimum atomic E-state index is -4.78. The first-order chi connectivity index (χ1) is 15.1. The van der Waals surface area contributed by atoms with Gasteiger partial charge in [0, 0.05) is 17.7 Å². The average molecular weight is 488 g/mol. The predicted octanol–water partition coefficient (Wildman–Crippen LogP) is 5.81. The smallest absolute Gasteiger partial charge is 0.416 e. The maximum absolute atomic E-state index is 13.3. The molecule has 3 rings (SSSR count). The highest BCUT2D eigenvalue weighted by molar-refractivity contribution is 6.28. The molecule has 0 saturated carbocycles. The summed E-state index contributed by atoms with van der Waals surface area (Å²) in [5, 5.41) is 23.7. The molecule has 1 aromatic heterocycles. The Balaban J connectivity index is 2.08. The van der Waals surface area contributed by atoms with Crippen LogP contribution in [0.25, 0.3) is 0 Å². The van der Waals surface area contributed by atoms with Crippen LogP contribution in [-0.4, -0.2) is 31.0 Å². The van der Waals surface area contributed by atoms with Gasteiger partial charge in [-0.3, -0.25) is 15.0 Å². The molecule has 2 atom stereocenters.